The van der Waals surface area contributed by atoms with Crippen molar-refractivity contribution in [2.24, 2.45) is 0 Å². The van der Waals surface area contributed by atoms with Gasteiger partial charge in [-0.25, -0.2) is 9.78 Å². The Morgan fingerprint density at radius 1 is 1.67 bits per heavy atom. The highest BCUT2D eigenvalue weighted by Gasteiger charge is 2.25. The number of hydrogen-bond donors (Lipinski definition) is 2. The molecule has 0 amide bonds. The zero-order chi connectivity index (χ0) is 13.1. The number of morpholine rings is 1. The van der Waals surface area contributed by atoms with Crippen LogP contribution in [-0.4, -0.2) is 58.0 Å². The van der Waals surface area contributed by atoms with Gasteiger partial charge in [0.1, 0.15) is 0 Å². The molecule has 1 fully saturated rings. The Hall–Kier alpha value is -1.02. The van der Waals surface area contributed by atoms with Gasteiger partial charge in [-0.3, -0.25) is 4.90 Å². The van der Waals surface area contributed by atoms with E-state index < -0.39 is 5.97 Å². The topological polar surface area (TPSA) is 82.9 Å². The fourth-order valence-electron chi connectivity index (χ4n) is 2.08. The highest BCUT2D eigenvalue weighted by molar-refractivity contribution is 7.11. The summed E-state index contributed by atoms with van der Waals surface area (Å²) in [5.74, 6) is -0.991. The third-order valence-corrected chi connectivity index (χ3v) is 3.60. The highest BCUT2D eigenvalue weighted by atomic mass is 32.1. The molecule has 1 aliphatic heterocycles. The lowest BCUT2D eigenvalue weighted by Gasteiger charge is -2.35. The van der Waals surface area contributed by atoms with Crippen LogP contribution in [0.3, 0.4) is 0 Å². The Kier molecular flexibility index (Phi) is 4.28. The van der Waals surface area contributed by atoms with Crippen molar-refractivity contribution in [2.75, 3.05) is 19.7 Å². The third kappa shape index (κ3) is 3.26. The number of hydrogen-bond acceptors (Lipinski definition) is 6. The van der Waals surface area contributed by atoms with Crippen LogP contribution in [0.4, 0.5) is 0 Å². The summed E-state index contributed by atoms with van der Waals surface area (Å²) in [6.45, 7) is 3.95. The minimum atomic E-state index is -0.991. The minimum absolute atomic E-state index is 0.00170. The number of aromatic nitrogens is 1. The second-order valence-corrected chi connectivity index (χ2v) is 5.25. The van der Waals surface area contributed by atoms with Gasteiger partial charge < -0.3 is 14.9 Å². The van der Waals surface area contributed by atoms with Crippen LogP contribution in [0.15, 0.2) is 5.38 Å². The molecule has 0 saturated carbocycles. The molecule has 7 heteroatoms. The predicted octanol–water partition coefficient (Wildman–Crippen LogP) is 0.423. The van der Waals surface area contributed by atoms with Crippen LogP contribution >= 0.6 is 11.3 Å². The molecule has 0 radical (unpaired) electrons. The Bertz CT molecular complexity index is 423. The normalized spacial score (nSPS) is 25.2. The molecule has 1 aromatic heterocycles. The number of aliphatic hydroxyl groups is 1. The molecule has 6 nitrogen and oxygen atoms in total. The Morgan fingerprint density at radius 2 is 2.44 bits per heavy atom. The molecule has 1 aliphatic rings. The molecule has 0 aromatic carbocycles. The van der Waals surface area contributed by atoms with Crippen LogP contribution in [0.5, 0.6) is 0 Å². The van der Waals surface area contributed by atoms with Crippen LogP contribution in [0.25, 0.3) is 0 Å². The molecule has 2 heterocycles. The fraction of sp³-hybridized carbons (Fsp3) is 0.636. The van der Waals surface area contributed by atoms with Gasteiger partial charge in [0.05, 0.1) is 24.5 Å². The molecule has 1 aromatic rings. The summed E-state index contributed by atoms with van der Waals surface area (Å²) in [5.41, 5.74) is 0.753. The van der Waals surface area contributed by atoms with Crippen molar-refractivity contribution in [3.05, 3.63) is 16.1 Å². The minimum Gasteiger partial charge on any atom is -0.476 e. The molecule has 0 spiro atoms. The zero-order valence-corrected chi connectivity index (χ0v) is 10.9. The van der Waals surface area contributed by atoms with E-state index in [1.807, 2.05) is 6.92 Å². The highest BCUT2D eigenvalue weighted by Crippen LogP contribution is 2.16. The van der Waals surface area contributed by atoms with Gasteiger partial charge in [0.2, 0.25) is 5.01 Å². The Balaban J connectivity index is 1.97. The molecule has 2 N–H and O–H groups in total. The van der Waals surface area contributed by atoms with Crippen molar-refractivity contribution >= 4 is 17.3 Å². The summed E-state index contributed by atoms with van der Waals surface area (Å²) in [7, 11) is 0. The lowest BCUT2D eigenvalue weighted by molar-refractivity contribution is -0.0974. The van der Waals surface area contributed by atoms with Crippen LogP contribution in [0.1, 0.15) is 22.4 Å². The van der Waals surface area contributed by atoms with Gasteiger partial charge in [-0.05, 0) is 6.92 Å². The molecule has 0 bridgehead atoms. The van der Waals surface area contributed by atoms with E-state index in [1.165, 1.54) is 0 Å². The maximum absolute atomic E-state index is 10.7. The molecule has 1 saturated heterocycles. The van der Waals surface area contributed by atoms with Gasteiger partial charge in [0, 0.05) is 25.0 Å². The number of rotatable bonds is 4. The average molecular weight is 272 g/mol. The second-order valence-electron chi connectivity index (χ2n) is 4.39. The lowest BCUT2D eigenvalue weighted by Crippen LogP contribution is -2.47. The lowest BCUT2D eigenvalue weighted by atomic mass is 10.2. The number of thiazole rings is 1. The number of ether oxygens (including phenoxy) is 1. The molecule has 100 valence electrons. The SMILES string of the molecule is CC1CN(Cc2csc(C(=O)O)n2)CC(CO)O1. The summed E-state index contributed by atoms with van der Waals surface area (Å²) in [6.07, 6.45) is -0.111. The molecule has 2 rings (SSSR count). The van der Waals surface area contributed by atoms with Crippen LogP contribution in [-0.2, 0) is 11.3 Å². The van der Waals surface area contributed by atoms with Gasteiger partial charge in [-0.1, -0.05) is 0 Å². The molecular weight excluding hydrogens is 256 g/mol. The quantitative estimate of drug-likeness (QED) is 0.826. The number of nitrogens with zero attached hydrogens (tertiary/aromatic N) is 2. The monoisotopic (exact) mass is 272 g/mol. The smallest absolute Gasteiger partial charge is 0.365 e. The van der Waals surface area contributed by atoms with Crippen molar-refractivity contribution in [2.45, 2.75) is 25.7 Å². The van der Waals surface area contributed by atoms with Gasteiger partial charge in [0.25, 0.3) is 0 Å². The molecule has 2 unspecified atom stereocenters. The molecule has 2 atom stereocenters. The Morgan fingerprint density at radius 3 is 3.06 bits per heavy atom. The van der Waals surface area contributed by atoms with E-state index in [9.17, 15) is 4.79 Å². The van der Waals surface area contributed by atoms with Crippen molar-refractivity contribution in [1.29, 1.82) is 0 Å². The largest absolute Gasteiger partial charge is 0.476 e. The van der Waals surface area contributed by atoms with E-state index in [2.05, 4.69) is 9.88 Å². The maximum atomic E-state index is 10.7. The zero-order valence-electron chi connectivity index (χ0n) is 10.1. The summed E-state index contributed by atoms with van der Waals surface area (Å²) in [5, 5.41) is 19.8. The summed E-state index contributed by atoms with van der Waals surface area (Å²) in [6, 6.07) is 0. The molecular formula is C11H16N2O4S. The third-order valence-electron chi connectivity index (χ3n) is 2.73. The van der Waals surface area contributed by atoms with Crippen LogP contribution < -0.4 is 0 Å². The first-order chi connectivity index (χ1) is 8.58. The van der Waals surface area contributed by atoms with E-state index in [1.54, 1.807) is 5.38 Å². The van der Waals surface area contributed by atoms with Gasteiger partial charge >= 0.3 is 5.97 Å². The van der Waals surface area contributed by atoms with Gasteiger partial charge in [0.15, 0.2) is 0 Å². The van der Waals surface area contributed by atoms with E-state index in [0.29, 0.717) is 13.1 Å². The summed E-state index contributed by atoms with van der Waals surface area (Å²) >= 11 is 1.14. The van der Waals surface area contributed by atoms with Crippen molar-refractivity contribution < 1.29 is 19.7 Å². The Labute approximate surface area is 109 Å². The number of carboxylic acids is 1. The van der Waals surface area contributed by atoms with Crippen molar-refractivity contribution in [1.82, 2.24) is 9.88 Å². The first-order valence-corrected chi connectivity index (χ1v) is 6.63. The first-order valence-electron chi connectivity index (χ1n) is 5.75. The molecule has 18 heavy (non-hydrogen) atoms. The van der Waals surface area contributed by atoms with Gasteiger partial charge in [-0.2, -0.15) is 0 Å². The van der Waals surface area contributed by atoms with Crippen molar-refractivity contribution in [3.8, 4) is 0 Å². The average Bonchev–Trinajstić information content (AvgIpc) is 2.76. The van der Waals surface area contributed by atoms with E-state index in [-0.39, 0.29) is 23.8 Å². The maximum Gasteiger partial charge on any atom is 0.365 e. The summed E-state index contributed by atoms with van der Waals surface area (Å²) in [4.78, 5) is 16.9. The van der Waals surface area contributed by atoms with Gasteiger partial charge in [-0.15, -0.1) is 11.3 Å². The van der Waals surface area contributed by atoms with Crippen LogP contribution in [0.2, 0.25) is 0 Å². The standard InChI is InChI=1S/C11H16N2O4S/c1-7-2-13(4-9(5-14)17-7)3-8-6-18-10(12-8)11(15)16/h6-7,9,14H,2-5H2,1H3,(H,15,16). The van der Waals surface area contributed by atoms with E-state index >= 15 is 0 Å². The van der Waals surface area contributed by atoms with Crippen molar-refractivity contribution in [3.63, 3.8) is 0 Å². The first kappa shape index (κ1) is 13.4. The number of aliphatic hydroxyl groups excluding tert-OH is 1. The summed E-state index contributed by atoms with van der Waals surface area (Å²) < 4.78 is 5.54. The number of aromatic carboxylic acids is 1. The second kappa shape index (κ2) is 5.75. The number of carboxylic acid groups (broad SMARTS) is 1. The molecule has 0 aliphatic carbocycles. The number of carbonyl (C=O) groups is 1. The predicted molar refractivity (Wildman–Crippen MR) is 65.8 cm³/mol. The van der Waals surface area contributed by atoms with E-state index in [0.717, 1.165) is 23.6 Å². The van der Waals surface area contributed by atoms with E-state index in [4.69, 9.17) is 14.9 Å². The fourth-order valence-corrected chi connectivity index (χ4v) is 2.72. The van der Waals surface area contributed by atoms with Crippen LogP contribution in [0, 0.1) is 0 Å².